The molecular weight excluding hydrogens is 386 g/mol. The number of aromatic nitrogens is 2. The molecule has 1 aromatic carbocycles. The lowest BCUT2D eigenvalue weighted by atomic mass is 10.2. The minimum absolute atomic E-state index is 0.0355. The number of sulfone groups is 1. The lowest BCUT2D eigenvalue weighted by Gasteiger charge is -2.06. The van der Waals surface area contributed by atoms with Gasteiger partial charge in [0.15, 0.2) is 9.84 Å². The molecule has 1 aliphatic carbocycles. The predicted molar refractivity (Wildman–Crippen MR) is 103 cm³/mol. The smallest absolute Gasteiger partial charge is 0.287 e. The van der Waals surface area contributed by atoms with Gasteiger partial charge in [0, 0.05) is 17.7 Å². The highest BCUT2D eigenvalue weighted by atomic mass is 32.2. The SMILES string of the molecule is CS(=O)(=O)c1cccc(CNC(=O)c2nc3sc4c(c3c(=O)[nH]2)CCC4)c1. The van der Waals surface area contributed by atoms with E-state index in [1.54, 1.807) is 12.1 Å². The number of hydrogen-bond donors (Lipinski definition) is 2. The third-order valence-corrected chi connectivity index (χ3v) is 6.87. The second kappa shape index (κ2) is 6.58. The molecule has 0 saturated carbocycles. The van der Waals surface area contributed by atoms with Gasteiger partial charge < -0.3 is 10.3 Å². The van der Waals surface area contributed by atoms with Crippen LogP contribution in [0.1, 0.15) is 33.0 Å². The number of nitrogens with zero attached hydrogens (tertiary/aromatic N) is 1. The lowest BCUT2D eigenvalue weighted by molar-refractivity contribution is 0.0940. The third-order valence-electron chi connectivity index (χ3n) is 4.57. The zero-order valence-corrected chi connectivity index (χ0v) is 16.2. The molecule has 0 radical (unpaired) electrons. The van der Waals surface area contributed by atoms with E-state index in [-0.39, 0.29) is 22.8 Å². The van der Waals surface area contributed by atoms with E-state index in [0.29, 0.717) is 15.8 Å². The zero-order valence-electron chi connectivity index (χ0n) is 14.5. The monoisotopic (exact) mass is 403 g/mol. The van der Waals surface area contributed by atoms with Gasteiger partial charge in [-0.2, -0.15) is 0 Å². The number of thiophene rings is 1. The number of benzene rings is 1. The molecule has 0 bridgehead atoms. The molecule has 7 nitrogen and oxygen atoms in total. The quantitative estimate of drug-likeness (QED) is 0.690. The molecule has 2 N–H and O–H groups in total. The topological polar surface area (TPSA) is 109 Å². The van der Waals surface area contributed by atoms with Crippen molar-refractivity contribution in [3.05, 3.63) is 56.4 Å². The van der Waals surface area contributed by atoms with Crippen LogP contribution in [-0.2, 0) is 29.2 Å². The number of nitrogens with one attached hydrogen (secondary N) is 2. The van der Waals surface area contributed by atoms with E-state index < -0.39 is 15.7 Å². The molecule has 1 aliphatic rings. The van der Waals surface area contributed by atoms with Gasteiger partial charge in [0.05, 0.1) is 10.3 Å². The maximum absolute atomic E-state index is 12.4. The molecule has 4 rings (SSSR count). The Kier molecular flexibility index (Phi) is 4.35. The maximum atomic E-state index is 12.4. The molecule has 0 saturated heterocycles. The third kappa shape index (κ3) is 3.40. The van der Waals surface area contributed by atoms with Gasteiger partial charge >= 0.3 is 0 Å². The van der Waals surface area contributed by atoms with Crippen LogP contribution in [-0.4, -0.2) is 30.5 Å². The Labute approximate surface area is 159 Å². The highest BCUT2D eigenvalue weighted by Crippen LogP contribution is 2.34. The predicted octanol–water partition coefficient (Wildman–Crippen LogP) is 1.81. The van der Waals surface area contributed by atoms with E-state index in [1.165, 1.54) is 28.3 Å². The number of aromatic amines is 1. The van der Waals surface area contributed by atoms with E-state index in [0.717, 1.165) is 31.1 Å². The Morgan fingerprint density at radius 2 is 2.15 bits per heavy atom. The molecule has 0 atom stereocenters. The summed E-state index contributed by atoms with van der Waals surface area (Å²) in [5, 5.41) is 3.28. The summed E-state index contributed by atoms with van der Waals surface area (Å²) in [4.78, 5) is 33.7. The standard InChI is InChI=1S/C18H17N3O4S2/c1-27(24,25)11-5-2-4-10(8-11)9-19-17(23)15-20-16(22)14-12-6-3-7-13(12)26-18(14)21-15/h2,4-5,8H,3,6-7,9H2,1H3,(H,19,23)(H,20,21,22). The maximum Gasteiger partial charge on any atom is 0.287 e. The van der Waals surface area contributed by atoms with Crippen molar-refractivity contribution in [2.45, 2.75) is 30.7 Å². The van der Waals surface area contributed by atoms with Crippen LogP contribution in [0.5, 0.6) is 0 Å². The zero-order chi connectivity index (χ0) is 19.2. The number of carbonyl (C=O) groups excluding carboxylic acids is 1. The van der Waals surface area contributed by atoms with Gasteiger partial charge in [-0.05, 0) is 42.5 Å². The van der Waals surface area contributed by atoms with Crippen molar-refractivity contribution >= 4 is 37.3 Å². The first-order valence-corrected chi connectivity index (χ1v) is 11.2. The minimum atomic E-state index is -3.32. The fourth-order valence-corrected chi connectivity index (χ4v) is 5.22. The van der Waals surface area contributed by atoms with Gasteiger partial charge in [-0.25, -0.2) is 13.4 Å². The van der Waals surface area contributed by atoms with Crippen molar-refractivity contribution < 1.29 is 13.2 Å². The first-order valence-electron chi connectivity index (χ1n) is 8.44. The fraction of sp³-hybridized carbons (Fsp3) is 0.278. The molecule has 9 heteroatoms. The second-order valence-corrected chi connectivity index (χ2v) is 9.65. The highest BCUT2D eigenvalue weighted by Gasteiger charge is 2.22. The number of amides is 1. The Morgan fingerprint density at radius 3 is 2.93 bits per heavy atom. The van der Waals surface area contributed by atoms with Crippen molar-refractivity contribution in [2.24, 2.45) is 0 Å². The van der Waals surface area contributed by atoms with Gasteiger partial charge in [-0.3, -0.25) is 9.59 Å². The largest absolute Gasteiger partial charge is 0.345 e. The summed E-state index contributed by atoms with van der Waals surface area (Å²) in [6.45, 7) is 0.130. The molecule has 2 heterocycles. The number of H-pyrrole nitrogens is 1. The van der Waals surface area contributed by atoms with Crippen LogP contribution in [0.4, 0.5) is 0 Å². The summed E-state index contributed by atoms with van der Waals surface area (Å²) < 4.78 is 23.3. The first kappa shape index (κ1) is 17.9. The number of hydrogen-bond acceptors (Lipinski definition) is 6. The van der Waals surface area contributed by atoms with E-state index in [2.05, 4.69) is 15.3 Å². The van der Waals surface area contributed by atoms with E-state index in [4.69, 9.17) is 0 Å². The molecule has 140 valence electrons. The Hall–Kier alpha value is -2.52. The van der Waals surface area contributed by atoms with Crippen LogP contribution in [0.15, 0.2) is 34.0 Å². The Bertz CT molecular complexity index is 1230. The van der Waals surface area contributed by atoms with E-state index >= 15 is 0 Å². The summed E-state index contributed by atoms with van der Waals surface area (Å²) in [6.07, 6.45) is 4.01. The normalized spacial score (nSPS) is 13.7. The van der Waals surface area contributed by atoms with Crippen LogP contribution >= 0.6 is 11.3 Å². The van der Waals surface area contributed by atoms with Crippen molar-refractivity contribution in [1.29, 1.82) is 0 Å². The first-order chi connectivity index (χ1) is 12.8. The van der Waals surface area contributed by atoms with Crippen LogP contribution < -0.4 is 10.9 Å². The summed E-state index contributed by atoms with van der Waals surface area (Å²) >= 11 is 1.47. The molecule has 3 aromatic rings. The Morgan fingerprint density at radius 1 is 1.33 bits per heavy atom. The average Bonchev–Trinajstić information content (AvgIpc) is 3.19. The van der Waals surface area contributed by atoms with Crippen LogP contribution in [0.3, 0.4) is 0 Å². The molecule has 1 amide bonds. The fourth-order valence-electron chi connectivity index (χ4n) is 3.26. The molecule has 0 unspecified atom stereocenters. The van der Waals surface area contributed by atoms with Crippen LogP contribution in [0.2, 0.25) is 0 Å². The number of aryl methyl sites for hydroxylation is 2. The molecule has 0 fully saturated rings. The van der Waals surface area contributed by atoms with Gasteiger partial charge in [-0.1, -0.05) is 12.1 Å². The van der Waals surface area contributed by atoms with Gasteiger partial charge in [0.2, 0.25) is 5.82 Å². The highest BCUT2D eigenvalue weighted by molar-refractivity contribution is 7.90. The van der Waals surface area contributed by atoms with Crippen molar-refractivity contribution in [3.63, 3.8) is 0 Å². The molecule has 2 aromatic heterocycles. The summed E-state index contributed by atoms with van der Waals surface area (Å²) in [5.41, 5.74) is 1.42. The minimum Gasteiger partial charge on any atom is -0.345 e. The van der Waals surface area contributed by atoms with Crippen LogP contribution in [0, 0.1) is 0 Å². The van der Waals surface area contributed by atoms with E-state index in [9.17, 15) is 18.0 Å². The Balaban J connectivity index is 1.56. The molecule has 0 aliphatic heterocycles. The number of fused-ring (bicyclic) bond motifs is 3. The van der Waals surface area contributed by atoms with Crippen molar-refractivity contribution in [2.75, 3.05) is 6.26 Å². The van der Waals surface area contributed by atoms with Gasteiger partial charge in [0.25, 0.3) is 11.5 Å². The molecule has 0 spiro atoms. The number of rotatable bonds is 4. The van der Waals surface area contributed by atoms with Crippen molar-refractivity contribution in [1.82, 2.24) is 15.3 Å². The van der Waals surface area contributed by atoms with Gasteiger partial charge in [-0.15, -0.1) is 11.3 Å². The second-order valence-electron chi connectivity index (χ2n) is 6.55. The molecule has 27 heavy (non-hydrogen) atoms. The van der Waals surface area contributed by atoms with Crippen molar-refractivity contribution in [3.8, 4) is 0 Å². The summed E-state index contributed by atoms with van der Waals surface area (Å²) in [6, 6.07) is 6.36. The van der Waals surface area contributed by atoms with E-state index in [1.807, 2.05) is 0 Å². The van der Waals surface area contributed by atoms with Gasteiger partial charge in [0.1, 0.15) is 4.83 Å². The lowest BCUT2D eigenvalue weighted by Crippen LogP contribution is -2.27. The molecular formula is C18H17N3O4S2. The number of carbonyl (C=O) groups is 1. The average molecular weight is 403 g/mol. The summed E-state index contributed by atoms with van der Waals surface area (Å²) in [7, 11) is -3.32. The van der Waals surface area contributed by atoms with Crippen LogP contribution in [0.25, 0.3) is 10.2 Å². The summed E-state index contributed by atoms with van der Waals surface area (Å²) in [5.74, 6) is -0.543.